The molecule has 0 atom stereocenters. The largest absolute Gasteiger partial charge is 0.493 e. The van der Waals surface area contributed by atoms with E-state index >= 15 is 0 Å². The van der Waals surface area contributed by atoms with E-state index in [1.54, 1.807) is 42.5 Å². The molecule has 0 unspecified atom stereocenters. The van der Waals surface area contributed by atoms with Crippen LogP contribution in [0.5, 0.6) is 17.2 Å². The lowest BCUT2D eigenvalue weighted by Gasteiger charge is -2.26. The van der Waals surface area contributed by atoms with Crippen LogP contribution in [0.4, 0.5) is 10.5 Å². The van der Waals surface area contributed by atoms with Crippen LogP contribution in [0.3, 0.4) is 0 Å². The number of anilines is 1. The number of halogens is 1. The van der Waals surface area contributed by atoms with Gasteiger partial charge in [0.2, 0.25) is 0 Å². The number of imide groups is 2. The number of carbonyl (C=O) groups excluding carboxylic acids is 3. The van der Waals surface area contributed by atoms with Gasteiger partial charge in [0.1, 0.15) is 11.3 Å². The number of carbonyl (C=O) groups is 3. The van der Waals surface area contributed by atoms with Crippen molar-refractivity contribution < 1.29 is 28.6 Å². The summed E-state index contributed by atoms with van der Waals surface area (Å²) in [6.45, 7) is 2.93. The van der Waals surface area contributed by atoms with Crippen molar-refractivity contribution in [1.82, 2.24) is 5.32 Å². The minimum absolute atomic E-state index is 0.175. The zero-order chi connectivity index (χ0) is 26.4. The number of nitrogens with one attached hydrogen (secondary N) is 1. The number of nitrogens with zero attached hydrogens (tertiary/aromatic N) is 1. The van der Waals surface area contributed by atoms with E-state index in [1.165, 1.54) is 18.7 Å². The highest BCUT2D eigenvalue weighted by Gasteiger charge is 2.36. The van der Waals surface area contributed by atoms with E-state index in [0.717, 1.165) is 15.1 Å². The number of barbiturate groups is 1. The smallest absolute Gasteiger partial charge is 0.335 e. The summed E-state index contributed by atoms with van der Waals surface area (Å²) in [5.74, 6) is 0.284. The molecular formula is C28H25BrN2O6. The lowest BCUT2D eigenvalue weighted by Crippen LogP contribution is -2.54. The van der Waals surface area contributed by atoms with Gasteiger partial charge in [0, 0.05) is 10.9 Å². The van der Waals surface area contributed by atoms with E-state index in [1.807, 2.05) is 31.2 Å². The maximum absolute atomic E-state index is 13.1. The highest BCUT2D eigenvalue weighted by Crippen LogP contribution is 2.30. The summed E-state index contributed by atoms with van der Waals surface area (Å²) < 4.78 is 17.8. The topological polar surface area (TPSA) is 94.2 Å². The fraction of sp³-hybridized carbons (Fsp3) is 0.179. The van der Waals surface area contributed by atoms with Gasteiger partial charge in [-0.3, -0.25) is 14.9 Å². The van der Waals surface area contributed by atoms with Crippen LogP contribution < -0.4 is 24.4 Å². The monoisotopic (exact) mass is 564 g/mol. The van der Waals surface area contributed by atoms with Gasteiger partial charge < -0.3 is 14.2 Å². The normalized spacial score (nSPS) is 14.5. The maximum Gasteiger partial charge on any atom is 0.335 e. The van der Waals surface area contributed by atoms with E-state index in [0.29, 0.717) is 42.4 Å². The summed E-state index contributed by atoms with van der Waals surface area (Å²) in [6.07, 6.45) is 2.08. The van der Waals surface area contributed by atoms with E-state index in [9.17, 15) is 14.4 Å². The van der Waals surface area contributed by atoms with Crippen LogP contribution in [0.1, 0.15) is 17.5 Å². The molecule has 0 spiro atoms. The zero-order valence-electron chi connectivity index (χ0n) is 20.3. The second kappa shape index (κ2) is 11.7. The Labute approximate surface area is 223 Å². The summed E-state index contributed by atoms with van der Waals surface area (Å²) in [5, 5.41) is 2.22. The number of hydrogen-bond acceptors (Lipinski definition) is 6. The molecule has 0 radical (unpaired) electrons. The standard InChI is InChI=1S/C28H25BrN2O6/c1-18-4-11-22(12-5-18)36-14-3-15-37-24-13-6-19(17-25(24)35-2)16-23-26(32)30-28(34)31(27(23)33)21-9-7-20(29)8-10-21/h4-13,16-17H,3,14-15H2,1-2H3,(H,30,32,34). The number of methoxy groups -OCH3 is 1. The molecule has 1 N–H and O–H groups in total. The van der Waals surface area contributed by atoms with Crippen LogP contribution in [0.15, 0.2) is 76.8 Å². The molecule has 190 valence electrons. The van der Waals surface area contributed by atoms with Crippen molar-refractivity contribution in [2.45, 2.75) is 13.3 Å². The molecule has 8 nitrogen and oxygen atoms in total. The first-order chi connectivity index (χ1) is 17.9. The molecule has 4 amide bonds. The molecule has 0 saturated carbocycles. The Morgan fingerprint density at radius 3 is 2.30 bits per heavy atom. The molecule has 1 fully saturated rings. The van der Waals surface area contributed by atoms with Gasteiger partial charge in [0.05, 0.1) is 26.0 Å². The summed E-state index contributed by atoms with van der Waals surface area (Å²) >= 11 is 3.32. The van der Waals surface area contributed by atoms with Gasteiger partial charge in [0.15, 0.2) is 11.5 Å². The molecule has 4 rings (SSSR count). The second-order valence-corrected chi connectivity index (χ2v) is 9.12. The number of aryl methyl sites for hydroxylation is 1. The summed E-state index contributed by atoms with van der Waals surface area (Å²) in [7, 11) is 1.51. The van der Waals surface area contributed by atoms with Crippen molar-refractivity contribution >= 4 is 45.5 Å². The first-order valence-corrected chi connectivity index (χ1v) is 12.3. The van der Waals surface area contributed by atoms with Gasteiger partial charge in [-0.15, -0.1) is 0 Å². The van der Waals surface area contributed by atoms with Crippen molar-refractivity contribution in [1.29, 1.82) is 0 Å². The average Bonchev–Trinajstić information content (AvgIpc) is 2.89. The zero-order valence-corrected chi connectivity index (χ0v) is 21.9. The molecule has 1 aliphatic heterocycles. The minimum atomic E-state index is -0.804. The number of ether oxygens (including phenoxy) is 3. The Morgan fingerprint density at radius 1 is 0.892 bits per heavy atom. The van der Waals surface area contributed by atoms with Gasteiger partial charge in [-0.05, 0) is 67.1 Å². The van der Waals surface area contributed by atoms with E-state index in [-0.39, 0.29) is 5.57 Å². The molecule has 3 aromatic rings. The Balaban J connectivity index is 1.42. The molecule has 3 aromatic carbocycles. The Kier molecular flexibility index (Phi) is 8.25. The summed E-state index contributed by atoms with van der Waals surface area (Å²) in [5.41, 5.74) is 1.88. The predicted molar refractivity (Wildman–Crippen MR) is 143 cm³/mol. The summed E-state index contributed by atoms with van der Waals surface area (Å²) in [4.78, 5) is 38.8. The molecule has 0 bridgehead atoms. The van der Waals surface area contributed by atoms with Crippen LogP contribution in [0, 0.1) is 6.92 Å². The molecule has 1 heterocycles. The van der Waals surface area contributed by atoms with Crippen molar-refractivity contribution in [2.24, 2.45) is 0 Å². The van der Waals surface area contributed by atoms with Crippen molar-refractivity contribution in [3.63, 3.8) is 0 Å². The SMILES string of the molecule is COc1cc(C=C2C(=O)NC(=O)N(c3ccc(Br)cc3)C2=O)ccc1OCCCOc1ccc(C)cc1. The molecule has 37 heavy (non-hydrogen) atoms. The van der Waals surface area contributed by atoms with Gasteiger partial charge >= 0.3 is 6.03 Å². The number of rotatable bonds is 9. The molecule has 1 aliphatic rings. The Hall–Kier alpha value is -4.11. The van der Waals surface area contributed by atoms with Gasteiger partial charge in [-0.2, -0.15) is 0 Å². The molecule has 0 aromatic heterocycles. The Bertz CT molecular complexity index is 1340. The molecule has 9 heteroatoms. The number of urea groups is 1. The third kappa shape index (κ3) is 6.37. The minimum Gasteiger partial charge on any atom is -0.493 e. The van der Waals surface area contributed by atoms with Crippen LogP contribution in [-0.2, 0) is 9.59 Å². The third-order valence-corrected chi connectivity index (χ3v) is 6.05. The fourth-order valence-electron chi connectivity index (χ4n) is 3.61. The molecule has 1 saturated heterocycles. The third-order valence-electron chi connectivity index (χ3n) is 5.52. The van der Waals surface area contributed by atoms with Crippen molar-refractivity contribution in [3.05, 3.63) is 87.9 Å². The number of amides is 4. The highest BCUT2D eigenvalue weighted by atomic mass is 79.9. The first kappa shape index (κ1) is 26.0. The van der Waals surface area contributed by atoms with Crippen LogP contribution in [-0.4, -0.2) is 38.2 Å². The van der Waals surface area contributed by atoms with Gasteiger partial charge in [0.25, 0.3) is 11.8 Å². The van der Waals surface area contributed by atoms with Crippen LogP contribution >= 0.6 is 15.9 Å². The maximum atomic E-state index is 13.1. The van der Waals surface area contributed by atoms with Crippen LogP contribution in [0.25, 0.3) is 6.08 Å². The number of hydrogen-bond donors (Lipinski definition) is 1. The first-order valence-electron chi connectivity index (χ1n) is 11.5. The lowest BCUT2D eigenvalue weighted by atomic mass is 10.1. The van der Waals surface area contributed by atoms with Crippen LogP contribution in [0.2, 0.25) is 0 Å². The van der Waals surface area contributed by atoms with Gasteiger partial charge in [-0.25, -0.2) is 9.69 Å². The summed E-state index contributed by atoms with van der Waals surface area (Å²) in [6, 6.07) is 18.7. The van der Waals surface area contributed by atoms with Crippen molar-refractivity contribution in [3.8, 4) is 17.2 Å². The highest BCUT2D eigenvalue weighted by molar-refractivity contribution is 9.10. The van der Waals surface area contributed by atoms with E-state index in [2.05, 4.69) is 21.2 Å². The lowest BCUT2D eigenvalue weighted by molar-refractivity contribution is -0.122. The van der Waals surface area contributed by atoms with Gasteiger partial charge in [-0.1, -0.05) is 39.7 Å². The molecule has 0 aliphatic carbocycles. The quantitative estimate of drug-likeness (QED) is 0.216. The van der Waals surface area contributed by atoms with Crippen molar-refractivity contribution in [2.75, 3.05) is 25.2 Å². The fourth-order valence-corrected chi connectivity index (χ4v) is 3.87. The van der Waals surface area contributed by atoms with E-state index in [4.69, 9.17) is 14.2 Å². The predicted octanol–water partition coefficient (Wildman–Crippen LogP) is 5.28. The second-order valence-electron chi connectivity index (χ2n) is 8.21. The van der Waals surface area contributed by atoms with E-state index < -0.39 is 17.8 Å². The Morgan fingerprint density at radius 2 is 1.59 bits per heavy atom. The average molecular weight is 565 g/mol. The number of benzene rings is 3. The molecular weight excluding hydrogens is 540 g/mol.